The van der Waals surface area contributed by atoms with Gasteiger partial charge in [-0.2, -0.15) is 0 Å². The fraction of sp³-hybridized carbons (Fsp3) is 0.725. The van der Waals surface area contributed by atoms with Crippen LogP contribution in [-0.2, 0) is 9.53 Å². The van der Waals surface area contributed by atoms with Crippen LogP contribution in [0, 0.1) is 50.7 Å². The summed E-state index contributed by atoms with van der Waals surface area (Å²) in [6.07, 6.45) is 20.1. The number of benzene rings is 1. The van der Waals surface area contributed by atoms with E-state index in [1.54, 1.807) is 24.3 Å². The minimum atomic E-state index is -0.276. The molecule has 44 heavy (non-hydrogen) atoms. The molecule has 0 unspecified atom stereocenters. The van der Waals surface area contributed by atoms with Gasteiger partial charge in [-0.05, 0) is 154 Å². The molecule has 242 valence electrons. The first-order chi connectivity index (χ1) is 20.7. The van der Waals surface area contributed by atoms with Gasteiger partial charge in [0.05, 0.1) is 7.11 Å². The van der Waals surface area contributed by atoms with E-state index in [1.807, 2.05) is 0 Å². The number of esters is 1. The highest BCUT2D eigenvalue weighted by Crippen LogP contribution is 2.89. The third-order valence-electron chi connectivity index (χ3n) is 14.8. The van der Waals surface area contributed by atoms with Crippen molar-refractivity contribution in [3.05, 3.63) is 41.5 Å². The molecular formula is C40H58O4. The highest BCUT2D eigenvalue weighted by atomic mass is 16.5. The van der Waals surface area contributed by atoms with Crippen LogP contribution in [0.1, 0.15) is 125 Å². The monoisotopic (exact) mass is 602 g/mol. The van der Waals surface area contributed by atoms with Gasteiger partial charge in [0.2, 0.25) is 0 Å². The summed E-state index contributed by atoms with van der Waals surface area (Å²) >= 11 is 0. The van der Waals surface area contributed by atoms with Crippen LogP contribution < -0.4 is 4.74 Å². The van der Waals surface area contributed by atoms with E-state index in [0.717, 1.165) is 29.7 Å². The molecule has 1 N–H and O–H groups in total. The number of allylic oxidation sites excluding steroid dienone is 2. The van der Waals surface area contributed by atoms with Gasteiger partial charge in [0.25, 0.3) is 0 Å². The Hall–Kier alpha value is -2.23. The van der Waals surface area contributed by atoms with Crippen molar-refractivity contribution in [3.63, 3.8) is 0 Å². The third-order valence-corrected chi connectivity index (χ3v) is 14.8. The average Bonchev–Trinajstić information content (AvgIpc) is 3.55. The molecule has 0 saturated heterocycles. The summed E-state index contributed by atoms with van der Waals surface area (Å²) in [4.78, 5) is 13.1. The van der Waals surface area contributed by atoms with Gasteiger partial charge in [-0.15, -0.1) is 0 Å². The number of hydrogen-bond acceptors (Lipinski definition) is 4. The van der Waals surface area contributed by atoms with Crippen molar-refractivity contribution < 1.29 is 19.4 Å². The minimum absolute atomic E-state index is 0.0305. The van der Waals surface area contributed by atoms with Crippen molar-refractivity contribution in [3.8, 4) is 11.5 Å². The van der Waals surface area contributed by atoms with Gasteiger partial charge in [0.1, 0.15) is 6.10 Å². The Morgan fingerprint density at radius 1 is 0.977 bits per heavy atom. The topological polar surface area (TPSA) is 55.8 Å². The Morgan fingerprint density at radius 3 is 2.43 bits per heavy atom. The number of phenols is 1. The Balaban J connectivity index is 1.15. The number of carbonyl (C=O) groups is 1. The van der Waals surface area contributed by atoms with E-state index in [1.165, 1.54) is 83.0 Å². The molecule has 6 rings (SSSR count). The predicted octanol–water partition coefficient (Wildman–Crippen LogP) is 10.1. The molecule has 5 aliphatic rings. The summed E-state index contributed by atoms with van der Waals surface area (Å²) in [6.45, 7) is 17.2. The highest BCUT2D eigenvalue weighted by molar-refractivity contribution is 5.87. The molecule has 0 amide bonds. The summed E-state index contributed by atoms with van der Waals surface area (Å²) in [5, 5.41) is 9.88. The van der Waals surface area contributed by atoms with E-state index in [-0.39, 0.29) is 23.2 Å². The van der Waals surface area contributed by atoms with E-state index in [9.17, 15) is 9.90 Å². The molecular weight excluding hydrogens is 544 g/mol. The fourth-order valence-electron chi connectivity index (χ4n) is 12.5. The zero-order valence-electron chi connectivity index (χ0n) is 28.8. The number of rotatable bonds is 8. The van der Waals surface area contributed by atoms with Crippen LogP contribution in [0.5, 0.6) is 11.5 Å². The number of phenolic OH excluding ortho intramolecular Hbond substituents is 1. The predicted molar refractivity (Wildman–Crippen MR) is 178 cm³/mol. The van der Waals surface area contributed by atoms with E-state index < -0.39 is 0 Å². The van der Waals surface area contributed by atoms with Crippen molar-refractivity contribution in [1.29, 1.82) is 0 Å². The van der Waals surface area contributed by atoms with Crippen LogP contribution in [0.2, 0.25) is 0 Å². The SMILES string of the molecule is COc1cc(/C=C/C(=O)O[C@H]2CC[C@]34C[C@@]35CC[C@]3(C)[C@@H]([C@@H](C)CCC=C(C)C)CC[C@@]3(C)[C@@H]5CC[C@@H]4C2(C)C)ccc1O. The Morgan fingerprint density at radius 2 is 1.70 bits per heavy atom. The minimum Gasteiger partial charge on any atom is -0.504 e. The van der Waals surface area contributed by atoms with E-state index in [2.05, 4.69) is 54.5 Å². The standard InChI is InChI=1S/C40H58O4/c1-26(2)10-9-11-27(3)29-18-20-38(7)33-16-15-32-36(4,5)34(19-21-39(32)25-40(33,39)23-22-37(29,38)6)44-35(42)17-13-28-12-14-30(41)31(24-28)43-8/h10,12-14,17,24,27,29,32-34,41H,9,11,15-16,18-23,25H2,1-8H3/b17-13+/t27-,29+,32+,33-,34-,37+,38-,39+,40+/m0/s1. The molecule has 1 aromatic rings. The summed E-state index contributed by atoms with van der Waals surface area (Å²) in [6, 6.07) is 5.09. The molecule has 0 radical (unpaired) electrons. The highest BCUT2D eigenvalue weighted by Gasteiger charge is 2.82. The number of carbonyl (C=O) groups excluding carboxylic acids is 1. The van der Waals surface area contributed by atoms with Crippen LogP contribution in [-0.4, -0.2) is 24.3 Å². The number of aromatic hydroxyl groups is 1. The number of hydrogen-bond donors (Lipinski definition) is 1. The lowest BCUT2D eigenvalue weighted by Crippen LogP contribution is -2.58. The van der Waals surface area contributed by atoms with Gasteiger partial charge in [-0.3, -0.25) is 0 Å². The maximum absolute atomic E-state index is 13.1. The molecule has 0 aliphatic heterocycles. The number of ether oxygens (including phenoxy) is 2. The second kappa shape index (κ2) is 10.9. The molecule has 0 bridgehead atoms. The largest absolute Gasteiger partial charge is 0.504 e. The summed E-state index contributed by atoms with van der Waals surface area (Å²) in [5.74, 6) is 3.33. The fourth-order valence-corrected chi connectivity index (χ4v) is 12.5. The van der Waals surface area contributed by atoms with Crippen LogP contribution in [0.25, 0.3) is 6.08 Å². The normalized spacial score (nSPS) is 40.6. The molecule has 0 heterocycles. The molecule has 5 saturated carbocycles. The van der Waals surface area contributed by atoms with Gasteiger partial charge < -0.3 is 14.6 Å². The first-order valence-corrected chi connectivity index (χ1v) is 17.6. The zero-order valence-corrected chi connectivity index (χ0v) is 28.8. The van der Waals surface area contributed by atoms with Crippen LogP contribution >= 0.6 is 0 Å². The van der Waals surface area contributed by atoms with E-state index in [4.69, 9.17) is 9.47 Å². The molecule has 0 aromatic heterocycles. The molecule has 1 aromatic carbocycles. The van der Waals surface area contributed by atoms with Crippen LogP contribution in [0.4, 0.5) is 0 Å². The van der Waals surface area contributed by atoms with Gasteiger partial charge >= 0.3 is 5.97 Å². The van der Waals surface area contributed by atoms with Crippen LogP contribution in [0.15, 0.2) is 35.9 Å². The first-order valence-electron chi connectivity index (χ1n) is 17.6. The van der Waals surface area contributed by atoms with Gasteiger partial charge in [-0.25, -0.2) is 4.79 Å². The maximum atomic E-state index is 13.1. The first kappa shape index (κ1) is 31.7. The Labute approximate surface area is 267 Å². The van der Waals surface area contributed by atoms with Gasteiger partial charge in [0, 0.05) is 11.5 Å². The molecule has 9 atom stereocenters. The van der Waals surface area contributed by atoms with Crippen molar-refractivity contribution in [2.24, 2.45) is 50.7 Å². The van der Waals surface area contributed by atoms with Crippen molar-refractivity contribution in [1.82, 2.24) is 0 Å². The Bertz CT molecular complexity index is 1340. The molecule has 2 spiro atoms. The Kier molecular flexibility index (Phi) is 7.89. The average molecular weight is 603 g/mol. The number of fused-ring (bicyclic) bond motifs is 2. The van der Waals surface area contributed by atoms with Crippen molar-refractivity contribution >= 4 is 12.0 Å². The second-order valence-corrected chi connectivity index (χ2v) is 17.0. The van der Waals surface area contributed by atoms with Gasteiger partial charge in [-0.1, -0.05) is 52.3 Å². The summed E-state index contributed by atoms with van der Waals surface area (Å²) in [7, 11) is 1.53. The molecule has 5 aliphatic carbocycles. The second-order valence-electron chi connectivity index (χ2n) is 17.0. The van der Waals surface area contributed by atoms with E-state index in [0.29, 0.717) is 33.3 Å². The lowest BCUT2D eigenvalue weighted by atomic mass is 9.41. The quantitative estimate of drug-likeness (QED) is 0.183. The lowest BCUT2D eigenvalue weighted by Gasteiger charge is -2.63. The van der Waals surface area contributed by atoms with E-state index >= 15 is 0 Å². The van der Waals surface area contributed by atoms with Crippen LogP contribution in [0.3, 0.4) is 0 Å². The molecule has 4 nitrogen and oxygen atoms in total. The summed E-state index contributed by atoms with van der Waals surface area (Å²) < 4.78 is 11.4. The molecule has 4 heteroatoms. The third kappa shape index (κ3) is 4.62. The number of methoxy groups -OCH3 is 1. The lowest BCUT2D eigenvalue weighted by molar-refractivity contribution is -0.179. The molecule has 5 fully saturated rings. The van der Waals surface area contributed by atoms with Crippen molar-refractivity contribution in [2.45, 2.75) is 125 Å². The smallest absolute Gasteiger partial charge is 0.331 e. The zero-order chi connectivity index (χ0) is 31.7. The van der Waals surface area contributed by atoms with Crippen molar-refractivity contribution in [2.75, 3.05) is 7.11 Å². The van der Waals surface area contributed by atoms with Gasteiger partial charge in [0.15, 0.2) is 11.5 Å². The summed E-state index contributed by atoms with van der Waals surface area (Å²) in [5.41, 5.74) is 4.08. The maximum Gasteiger partial charge on any atom is 0.331 e.